The second-order valence-corrected chi connectivity index (χ2v) is 8.72. The van der Waals surface area contributed by atoms with Gasteiger partial charge in [-0.2, -0.15) is 10.1 Å². The van der Waals surface area contributed by atoms with Crippen molar-refractivity contribution in [2.75, 3.05) is 0 Å². The molecule has 2 amide bonds. The van der Waals surface area contributed by atoms with E-state index in [0.29, 0.717) is 6.04 Å². The fourth-order valence-electron chi connectivity index (χ4n) is 5.95. The van der Waals surface area contributed by atoms with Crippen LogP contribution >= 0.6 is 0 Å². The maximum Gasteiger partial charge on any atom is 0.254 e. The first-order valence-corrected chi connectivity index (χ1v) is 10.3. The van der Waals surface area contributed by atoms with Crippen LogP contribution in [-0.4, -0.2) is 27.6 Å². The number of amides is 2. The van der Waals surface area contributed by atoms with Crippen molar-refractivity contribution in [2.24, 2.45) is 28.8 Å². The Morgan fingerprint density at radius 3 is 2.26 bits per heavy atom. The van der Waals surface area contributed by atoms with Crippen molar-refractivity contribution in [1.82, 2.24) is 9.58 Å². The van der Waals surface area contributed by atoms with Crippen molar-refractivity contribution in [3.8, 4) is 0 Å². The van der Waals surface area contributed by atoms with E-state index >= 15 is 0 Å². The average molecular weight is 365 g/mol. The van der Waals surface area contributed by atoms with E-state index in [2.05, 4.69) is 41.7 Å². The van der Waals surface area contributed by atoms with Gasteiger partial charge in [0.05, 0.1) is 18.1 Å². The normalized spacial score (nSPS) is 33.0. The fraction of sp³-hybridized carbons (Fsp3) is 0.591. The molecule has 1 saturated heterocycles. The van der Waals surface area contributed by atoms with Gasteiger partial charge in [-0.3, -0.25) is 9.59 Å². The number of imide groups is 1. The van der Waals surface area contributed by atoms with Gasteiger partial charge in [-0.15, -0.1) is 0 Å². The van der Waals surface area contributed by atoms with E-state index in [9.17, 15) is 9.59 Å². The number of rotatable bonds is 3. The third kappa shape index (κ3) is 2.47. The molecular weight excluding hydrogens is 338 g/mol. The molecule has 142 valence electrons. The number of aromatic nitrogens is 1. The molecule has 1 aliphatic heterocycles. The number of hydrogen-bond acceptors (Lipinski definition) is 3. The highest BCUT2D eigenvalue weighted by atomic mass is 16.2. The topological polar surface area (TPSA) is 54.7 Å². The Morgan fingerprint density at radius 2 is 1.63 bits per heavy atom. The number of hydrogen-bond donors (Lipinski definition) is 0. The molecule has 2 heterocycles. The second-order valence-electron chi connectivity index (χ2n) is 8.72. The van der Waals surface area contributed by atoms with Crippen LogP contribution in [0.4, 0.5) is 0 Å². The molecule has 0 spiro atoms. The lowest BCUT2D eigenvalue weighted by molar-refractivity contribution is -0.140. The molecule has 4 unspecified atom stereocenters. The van der Waals surface area contributed by atoms with Gasteiger partial charge in [-0.05, 0) is 51.0 Å². The van der Waals surface area contributed by atoms with Crippen LogP contribution in [0.3, 0.4) is 0 Å². The average Bonchev–Trinajstić information content (AvgIpc) is 3.40. The summed E-state index contributed by atoms with van der Waals surface area (Å²) in [5, 5.41) is 5.51. The van der Waals surface area contributed by atoms with E-state index in [1.54, 1.807) is 6.21 Å². The number of nitrogens with zero attached hydrogens (tertiary/aromatic N) is 3. The molecule has 27 heavy (non-hydrogen) atoms. The largest absolute Gasteiger partial charge is 0.345 e. The number of allylic oxidation sites excluding steroid dienone is 2. The predicted octanol–water partition coefficient (Wildman–Crippen LogP) is 3.75. The van der Waals surface area contributed by atoms with Crippen LogP contribution in [0.2, 0.25) is 0 Å². The zero-order chi connectivity index (χ0) is 18.7. The number of aryl methyl sites for hydroxylation is 1. The summed E-state index contributed by atoms with van der Waals surface area (Å²) in [5.41, 5.74) is 3.43. The second kappa shape index (κ2) is 6.18. The van der Waals surface area contributed by atoms with Crippen LogP contribution < -0.4 is 0 Å². The SMILES string of the molecule is Cc1cc(C=NN2C(=O)C3C4C=CC(C4)C3C2=O)c(C)n1C1CCCCC1. The molecule has 5 heteroatoms. The Bertz CT molecular complexity index is 829. The molecule has 3 fully saturated rings. The predicted molar refractivity (Wildman–Crippen MR) is 103 cm³/mol. The highest BCUT2D eigenvalue weighted by Crippen LogP contribution is 2.52. The minimum atomic E-state index is -0.181. The molecule has 1 aromatic rings. The lowest BCUT2D eigenvalue weighted by Gasteiger charge is -2.26. The highest BCUT2D eigenvalue weighted by molar-refractivity contribution is 6.06. The van der Waals surface area contributed by atoms with E-state index in [1.165, 1.54) is 43.5 Å². The summed E-state index contributed by atoms with van der Waals surface area (Å²) in [6, 6.07) is 2.70. The van der Waals surface area contributed by atoms with Gasteiger partial charge in [0.2, 0.25) is 0 Å². The Kier molecular flexibility index (Phi) is 3.88. The monoisotopic (exact) mass is 365 g/mol. The lowest BCUT2D eigenvalue weighted by atomic mass is 9.85. The molecule has 0 aromatic carbocycles. The molecule has 4 atom stereocenters. The first kappa shape index (κ1) is 17.0. The van der Waals surface area contributed by atoms with E-state index < -0.39 is 0 Å². The van der Waals surface area contributed by atoms with Gasteiger partial charge >= 0.3 is 0 Å². The summed E-state index contributed by atoms with van der Waals surface area (Å²) in [7, 11) is 0. The number of fused-ring (bicyclic) bond motifs is 5. The summed E-state index contributed by atoms with van der Waals surface area (Å²) in [6.07, 6.45) is 13.3. The lowest BCUT2D eigenvalue weighted by Crippen LogP contribution is -2.28. The summed E-state index contributed by atoms with van der Waals surface area (Å²) < 4.78 is 2.42. The van der Waals surface area contributed by atoms with Crippen LogP contribution in [0.1, 0.15) is 61.5 Å². The van der Waals surface area contributed by atoms with Crippen molar-refractivity contribution < 1.29 is 9.59 Å². The van der Waals surface area contributed by atoms with E-state index in [1.807, 2.05) is 0 Å². The van der Waals surface area contributed by atoms with Crippen LogP contribution in [0.5, 0.6) is 0 Å². The molecule has 2 bridgehead atoms. The van der Waals surface area contributed by atoms with Crippen molar-refractivity contribution in [2.45, 2.75) is 58.4 Å². The minimum absolute atomic E-state index is 0.112. The summed E-state index contributed by atoms with van der Waals surface area (Å²) in [5.74, 6) is -0.127. The molecule has 0 radical (unpaired) electrons. The van der Waals surface area contributed by atoms with Gasteiger partial charge in [0.1, 0.15) is 0 Å². The molecule has 5 nitrogen and oxygen atoms in total. The van der Waals surface area contributed by atoms with E-state index in [4.69, 9.17) is 0 Å². The molecule has 2 saturated carbocycles. The van der Waals surface area contributed by atoms with Crippen LogP contribution in [0, 0.1) is 37.5 Å². The summed E-state index contributed by atoms with van der Waals surface area (Å²) >= 11 is 0. The smallest absolute Gasteiger partial charge is 0.254 e. The standard InChI is InChI=1S/C22H27N3O2/c1-13-10-17(14(2)24(13)18-6-4-3-5-7-18)12-23-25-21(26)19-15-8-9-16(11-15)20(19)22(25)27/h8-10,12,15-16,18-20H,3-7,11H2,1-2H3. The Morgan fingerprint density at radius 1 is 1.00 bits per heavy atom. The minimum Gasteiger partial charge on any atom is -0.345 e. The number of carbonyl (C=O) groups is 2. The van der Waals surface area contributed by atoms with Crippen LogP contribution in [0.25, 0.3) is 0 Å². The molecule has 4 aliphatic rings. The molecule has 0 N–H and O–H groups in total. The van der Waals surface area contributed by atoms with Gasteiger partial charge in [0.25, 0.3) is 11.8 Å². The zero-order valence-electron chi connectivity index (χ0n) is 16.1. The van der Waals surface area contributed by atoms with Crippen molar-refractivity contribution in [3.05, 3.63) is 35.2 Å². The van der Waals surface area contributed by atoms with E-state index in [0.717, 1.165) is 17.0 Å². The van der Waals surface area contributed by atoms with E-state index in [-0.39, 0.29) is 35.5 Å². The third-order valence-corrected chi connectivity index (χ3v) is 7.22. The van der Waals surface area contributed by atoms with Gasteiger partial charge in [0, 0.05) is 23.0 Å². The maximum atomic E-state index is 12.8. The summed E-state index contributed by atoms with van der Waals surface area (Å²) in [6.45, 7) is 4.26. The molecule has 5 rings (SSSR count). The number of hydrazone groups is 1. The van der Waals surface area contributed by atoms with Crippen molar-refractivity contribution in [1.29, 1.82) is 0 Å². The number of carbonyl (C=O) groups excluding carboxylic acids is 2. The maximum absolute atomic E-state index is 12.8. The van der Waals surface area contributed by atoms with Gasteiger partial charge < -0.3 is 4.57 Å². The highest BCUT2D eigenvalue weighted by Gasteiger charge is 2.59. The molecule has 3 aliphatic carbocycles. The van der Waals surface area contributed by atoms with Gasteiger partial charge in [0.15, 0.2) is 0 Å². The first-order chi connectivity index (χ1) is 13.1. The van der Waals surface area contributed by atoms with Gasteiger partial charge in [-0.1, -0.05) is 31.4 Å². The Labute approximate surface area is 160 Å². The molecular formula is C22H27N3O2. The quantitative estimate of drug-likeness (QED) is 0.465. The van der Waals surface area contributed by atoms with Crippen molar-refractivity contribution >= 4 is 18.0 Å². The van der Waals surface area contributed by atoms with Crippen molar-refractivity contribution in [3.63, 3.8) is 0 Å². The first-order valence-electron chi connectivity index (χ1n) is 10.3. The van der Waals surface area contributed by atoms with Gasteiger partial charge in [-0.25, -0.2) is 0 Å². The van der Waals surface area contributed by atoms with Crippen LogP contribution in [-0.2, 0) is 9.59 Å². The Hall–Kier alpha value is -2.17. The van der Waals surface area contributed by atoms with Crippen LogP contribution in [0.15, 0.2) is 23.3 Å². The molecule has 1 aromatic heterocycles. The third-order valence-electron chi connectivity index (χ3n) is 7.22. The zero-order valence-corrected chi connectivity index (χ0v) is 16.1. The fourth-order valence-corrected chi connectivity index (χ4v) is 5.95. The summed E-state index contributed by atoms with van der Waals surface area (Å²) in [4.78, 5) is 25.5. The Balaban J connectivity index is 1.39.